The van der Waals surface area contributed by atoms with Crippen LogP contribution >= 0.6 is 0 Å². The maximum absolute atomic E-state index is 12.5. The first-order valence-corrected chi connectivity index (χ1v) is 10.6. The molecular weight excluding hydrogens is 328 g/mol. The number of rotatable bonds is 1. The molecule has 5 aliphatic rings. The molecule has 5 rings (SSSR count). The van der Waals surface area contributed by atoms with E-state index in [9.17, 15) is 9.59 Å². The first kappa shape index (κ1) is 17.2. The highest BCUT2D eigenvalue weighted by Gasteiger charge is 2.82. The number of esters is 1. The van der Waals surface area contributed by atoms with Crippen LogP contribution < -0.4 is 0 Å². The van der Waals surface area contributed by atoms with Gasteiger partial charge in [0.2, 0.25) is 0 Å². The molecule has 1 spiro atoms. The van der Waals surface area contributed by atoms with Gasteiger partial charge in [-0.15, -0.1) is 0 Å². The Hall–Kier alpha value is -0.900. The SMILES string of the molecule is CC(=O)OC1CC[C@H]2[C@@H]3CCC45OC4(C)C(=O)CC[C@]5(C)[C@H]3CC[C@]12C. The monoisotopic (exact) mass is 360 g/mol. The third-order valence-corrected chi connectivity index (χ3v) is 9.74. The predicted octanol–water partition coefficient (Wildman–Crippen LogP) is 4.05. The number of fused-ring (bicyclic) bond motifs is 4. The average molecular weight is 360 g/mol. The van der Waals surface area contributed by atoms with Crippen LogP contribution in [0.25, 0.3) is 0 Å². The van der Waals surface area contributed by atoms with Crippen molar-refractivity contribution in [3.8, 4) is 0 Å². The Bertz CT molecular complexity index is 688. The van der Waals surface area contributed by atoms with E-state index >= 15 is 0 Å². The van der Waals surface area contributed by atoms with Crippen molar-refractivity contribution in [1.82, 2.24) is 0 Å². The smallest absolute Gasteiger partial charge is 0.302 e. The molecule has 0 aromatic rings. The van der Waals surface area contributed by atoms with Crippen molar-refractivity contribution in [2.75, 3.05) is 0 Å². The molecule has 8 atom stereocenters. The lowest BCUT2D eigenvalue weighted by Gasteiger charge is -2.59. The molecule has 0 bridgehead atoms. The van der Waals surface area contributed by atoms with Gasteiger partial charge in [-0.3, -0.25) is 9.59 Å². The highest BCUT2D eigenvalue weighted by atomic mass is 16.6. The summed E-state index contributed by atoms with van der Waals surface area (Å²) in [4.78, 5) is 24.1. The van der Waals surface area contributed by atoms with Crippen molar-refractivity contribution in [3.63, 3.8) is 0 Å². The van der Waals surface area contributed by atoms with E-state index in [-0.39, 0.29) is 28.5 Å². The Balaban J connectivity index is 1.46. The molecule has 4 aliphatic carbocycles. The first-order chi connectivity index (χ1) is 12.2. The second-order valence-corrected chi connectivity index (χ2v) is 10.4. The van der Waals surface area contributed by atoms with E-state index < -0.39 is 5.60 Å². The van der Waals surface area contributed by atoms with Gasteiger partial charge in [-0.2, -0.15) is 0 Å². The van der Waals surface area contributed by atoms with Gasteiger partial charge in [-0.1, -0.05) is 13.8 Å². The van der Waals surface area contributed by atoms with Crippen LogP contribution in [0.4, 0.5) is 0 Å². The molecule has 1 saturated heterocycles. The summed E-state index contributed by atoms with van der Waals surface area (Å²) in [7, 11) is 0. The first-order valence-electron chi connectivity index (χ1n) is 10.6. The van der Waals surface area contributed by atoms with Crippen LogP contribution in [-0.2, 0) is 19.1 Å². The number of carbonyl (C=O) groups is 2. The molecule has 1 aliphatic heterocycles. The second-order valence-electron chi connectivity index (χ2n) is 10.4. The fourth-order valence-corrected chi connectivity index (χ4v) is 8.34. The Labute approximate surface area is 156 Å². The molecule has 26 heavy (non-hydrogen) atoms. The van der Waals surface area contributed by atoms with E-state index in [1.54, 1.807) is 0 Å². The van der Waals surface area contributed by atoms with Gasteiger partial charge < -0.3 is 9.47 Å². The Morgan fingerprint density at radius 1 is 1.04 bits per heavy atom. The summed E-state index contributed by atoms with van der Waals surface area (Å²) in [5.74, 6) is 2.15. The van der Waals surface area contributed by atoms with Crippen molar-refractivity contribution < 1.29 is 19.1 Å². The van der Waals surface area contributed by atoms with Gasteiger partial charge in [0, 0.05) is 24.2 Å². The standard InChI is InChI=1S/C22H32O4/c1-13(23)25-18-6-5-15-14-7-12-22-20(3,16(14)8-10-19(15,18)2)11-9-17(24)21(22,4)26-22/h14-16,18H,5-12H2,1-4H3/t14-,15-,16-,18?,19-,20+,21?,22?/m0/s1. The van der Waals surface area contributed by atoms with Crippen molar-refractivity contribution in [2.45, 2.75) is 96.4 Å². The van der Waals surface area contributed by atoms with Crippen LogP contribution in [0.15, 0.2) is 0 Å². The average Bonchev–Trinajstić information content (AvgIpc) is 3.09. The molecule has 0 N–H and O–H groups in total. The van der Waals surface area contributed by atoms with Gasteiger partial charge in [0.15, 0.2) is 11.4 Å². The molecule has 0 aromatic carbocycles. The minimum absolute atomic E-state index is 0.0880. The lowest BCUT2D eigenvalue weighted by molar-refractivity contribution is -0.161. The maximum Gasteiger partial charge on any atom is 0.302 e. The van der Waals surface area contributed by atoms with Crippen LogP contribution in [0.2, 0.25) is 0 Å². The van der Waals surface area contributed by atoms with E-state index in [1.807, 2.05) is 6.92 Å². The molecular formula is C22H32O4. The summed E-state index contributed by atoms with van der Waals surface area (Å²) in [6.45, 7) is 8.37. The molecule has 0 amide bonds. The topological polar surface area (TPSA) is 55.9 Å². The zero-order valence-corrected chi connectivity index (χ0v) is 16.6. The van der Waals surface area contributed by atoms with E-state index in [1.165, 1.54) is 19.8 Å². The Morgan fingerprint density at radius 2 is 1.81 bits per heavy atom. The van der Waals surface area contributed by atoms with Gasteiger partial charge >= 0.3 is 5.97 Å². The number of Topliss-reactive ketones (excluding diaryl/α,β-unsaturated/α-hetero) is 1. The summed E-state index contributed by atoms with van der Waals surface area (Å²) < 4.78 is 12.1. The highest BCUT2D eigenvalue weighted by Crippen LogP contribution is 2.75. The summed E-state index contributed by atoms with van der Waals surface area (Å²) in [5, 5.41) is 0. The summed E-state index contributed by atoms with van der Waals surface area (Å²) >= 11 is 0. The van der Waals surface area contributed by atoms with Gasteiger partial charge in [0.25, 0.3) is 0 Å². The minimum Gasteiger partial charge on any atom is -0.462 e. The van der Waals surface area contributed by atoms with Crippen molar-refractivity contribution in [2.24, 2.45) is 28.6 Å². The van der Waals surface area contributed by atoms with E-state index in [0.29, 0.717) is 30.0 Å². The van der Waals surface area contributed by atoms with Crippen LogP contribution in [0.5, 0.6) is 0 Å². The van der Waals surface area contributed by atoms with Gasteiger partial charge in [0.05, 0.1) is 0 Å². The zero-order valence-electron chi connectivity index (χ0n) is 16.6. The number of carbonyl (C=O) groups excluding carboxylic acids is 2. The Morgan fingerprint density at radius 3 is 2.54 bits per heavy atom. The lowest BCUT2D eigenvalue weighted by atomic mass is 9.43. The summed E-state index contributed by atoms with van der Waals surface area (Å²) in [6, 6.07) is 0. The van der Waals surface area contributed by atoms with Crippen LogP contribution in [0.3, 0.4) is 0 Å². The molecule has 4 heteroatoms. The van der Waals surface area contributed by atoms with Crippen molar-refractivity contribution >= 4 is 11.8 Å². The third-order valence-electron chi connectivity index (χ3n) is 9.74. The molecule has 5 fully saturated rings. The summed E-state index contributed by atoms with van der Waals surface area (Å²) in [6.07, 6.45) is 8.44. The summed E-state index contributed by atoms with van der Waals surface area (Å²) in [5.41, 5.74) is -0.453. The third kappa shape index (κ3) is 1.76. The quantitative estimate of drug-likeness (QED) is 0.523. The van der Waals surface area contributed by atoms with E-state index in [0.717, 1.165) is 32.1 Å². The molecule has 0 radical (unpaired) electrons. The fraction of sp³-hybridized carbons (Fsp3) is 0.909. The van der Waals surface area contributed by atoms with Gasteiger partial charge in [0.1, 0.15) is 11.7 Å². The predicted molar refractivity (Wildman–Crippen MR) is 96.4 cm³/mol. The Kier molecular flexibility index (Phi) is 3.26. The number of ether oxygens (including phenoxy) is 2. The highest BCUT2D eigenvalue weighted by molar-refractivity contribution is 5.93. The number of hydrogen-bond acceptors (Lipinski definition) is 4. The van der Waals surface area contributed by atoms with Crippen LogP contribution in [-0.4, -0.2) is 29.1 Å². The van der Waals surface area contributed by atoms with Crippen LogP contribution in [0.1, 0.15) is 79.1 Å². The molecule has 1 heterocycles. The normalized spacial score (nSPS) is 57.5. The lowest BCUT2D eigenvalue weighted by Crippen LogP contribution is -2.60. The number of epoxide rings is 1. The van der Waals surface area contributed by atoms with E-state index in [2.05, 4.69) is 13.8 Å². The minimum atomic E-state index is -0.512. The van der Waals surface area contributed by atoms with Gasteiger partial charge in [-0.25, -0.2) is 0 Å². The molecule has 144 valence electrons. The second kappa shape index (κ2) is 4.92. The van der Waals surface area contributed by atoms with Gasteiger partial charge in [-0.05, 0) is 69.6 Å². The van der Waals surface area contributed by atoms with Crippen molar-refractivity contribution in [3.05, 3.63) is 0 Å². The largest absolute Gasteiger partial charge is 0.462 e. The molecule has 4 nitrogen and oxygen atoms in total. The number of hydrogen-bond donors (Lipinski definition) is 0. The molecule has 4 saturated carbocycles. The maximum atomic E-state index is 12.5. The van der Waals surface area contributed by atoms with E-state index in [4.69, 9.17) is 9.47 Å². The molecule has 3 unspecified atom stereocenters. The molecule has 0 aromatic heterocycles. The zero-order chi connectivity index (χ0) is 18.5. The number of ketones is 1. The van der Waals surface area contributed by atoms with Crippen molar-refractivity contribution in [1.29, 1.82) is 0 Å². The van der Waals surface area contributed by atoms with Crippen LogP contribution in [0, 0.1) is 28.6 Å². The fourth-order valence-electron chi connectivity index (χ4n) is 8.34.